The van der Waals surface area contributed by atoms with Crippen molar-refractivity contribution in [3.8, 4) is 5.75 Å². The molecule has 144 valence electrons. The van der Waals surface area contributed by atoms with Gasteiger partial charge < -0.3 is 19.5 Å². The van der Waals surface area contributed by atoms with E-state index in [4.69, 9.17) is 9.47 Å². The van der Waals surface area contributed by atoms with Gasteiger partial charge in [0.25, 0.3) is 0 Å². The lowest BCUT2D eigenvalue weighted by atomic mass is 9.49. The Balaban J connectivity index is 1.37. The number of aliphatic hydroxyl groups is 1. The normalized spacial score (nSPS) is 25.8. The molecule has 1 saturated carbocycles. The van der Waals surface area contributed by atoms with Crippen molar-refractivity contribution in [2.75, 3.05) is 33.9 Å². The molecule has 0 aliphatic heterocycles. The number of allylic oxidation sites excluding steroid dienone is 1. The van der Waals surface area contributed by atoms with Crippen LogP contribution in [0.1, 0.15) is 32.3 Å². The molecule has 0 radical (unpaired) electrons. The van der Waals surface area contributed by atoms with Crippen LogP contribution in [0.2, 0.25) is 0 Å². The number of ether oxygens (including phenoxy) is 2. The van der Waals surface area contributed by atoms with E-state index < -0.39 is 6.10 Å². The fraction of sp³-hybridized carbons (Fsp3) is 0.636. The zero-order valence-corrected chi connectivity index (χ0v) is 16.6. The molecule has 0 heterocycles. The molecule has 1 fully saturated rings. The molecule has 1 aromatic carbocycles. The number of methoxy groups -OCH3 is 1. The summed E-state index contributed by atoms with van der Waals surface area (Å²) >= 11 is 0. The highest BCUT2D eigenvalue weighted by molar-refractivity contribution is 5.26. The summed E-state index contributed by atoms with van der Waals surface area (Å²) in [6.07, 6.45) is 4.45. The average molecular weight is 361 g/mol. The molecule has 0 amide bonds. The van der Waals surface area contributed by atoms with E-state index in [0.717, 1.165) is 18.2 Å². The number of hydrogen-bond acceptors (Lipinski definition) is 3. The van der Waals surface area contributed by atoms with Gasteiger partial charge in [-0.3, -0.25) is 0 Å². The number of quaternary nitrogens is 1. The molecule has 4 heteroatoms. The molecule has 1 unspecified atom stereocenters. The SMILES string of the molecule is COc1ccc(C[NH+](C)C[C@@H](O)COCC2=CC[C@@H]3C[C@H]2C3(C)C)cc1. The van der Waals surface area contributed by atoms with E-state index in [0.29, 0.717) is 31.1 Å². The van der Waals surface area contributed by atoms with Gasteiger partial charge in [-0.05, 0) is 59.9 Å². The Labute approximate surface area is 157 Å². The van der Waals surface area contributed by atoms with Crippen LogP contribution < -0.4 is 9.64 Å². The van der Waals surface area contributed by atoms with Crippen LogP contribution in [0.4, 0.5) is 0 Å². The first-order chi connectivity index (χ1) is 12.4. The molecular weight excluding hydrogens is 326 g/mol. The Hall–Kier alpha value is -1.36. The third-order valence-corrected chi connectivity index (χ3v) is 6.41. The molecule has 2 bridgehead atoms. The van der Waals surface area contributed by atoms with Gasteiger partial charge in [0.2, 0.25) is 0 Å². The largest absolute Gasteiger partial charge is 0.497 e. The van der Waals surface area contributed by atoms with Crippen LogP contribution in [0.3, 0.4) is 0 Å². The van der Waals surface area contributed by atoms with E-state index in [-0.39, 0.29) is 0 Å². The molecule has 3 aliphatic carbocycles. The number of hydrogen-bond donors (Lipinski definition) is 2. The van der Waals surface area contributed by atoms with Crippen LogP contribution >= 0.6 is 0 Å². The lowest BCUT2D eigenvalue weighted by Crippen LogP contribution is -3.08. The molecule has 4 nitrogen and oxygen atoms in total. The predicted octanol–water partition coefficient (Wildman–Crippen LogP) is 2.08. The van der Waals surface area contributed by atoms with Gasteiger partial charge in [-0.1, -0.05) is 19.9 Å². The van der Waals surface area contributed by atoms with Gasteiger partial charge >= 0.3 is 0 Å². The Kier molecular flexibility index (Phi) is 6.06. The van der Waals surface area contributed by atoms with E-state index in [1.165, 1.54) is 28.9 Å². The maximum absolute atomic E-state index is 10.3. The van der Waals surface area contributed by atoms with Gasteiger partial charge in [-0.15, -0.1) is 0 Å². The lowest BCUT2D eigenvalue weighted by Gasteiger charge is -2.56. The van der Waals surface area contributed by atoms with Gasteiger partial charge in [0, 0.05) is 5.56 Å². The Morgan fingerprint density at radius 3 is 2.62 bits per heavy atom. The summed E-state index contributed by atoms with van der Waals surface area (Å²) in [5.74, 6) is 2.41. The topological polar surface area (TPSA) is 43.1 Å². The standard InChI is InChI=1S/C22H33NO3/c1-22(2)18-8-7-17(21(22)11-18)14-26-15-19(24)13-23(3)12-16-5-9-20(25-4)10-6-16/h5-7,9-10,18-19,21,24H,8,11-15H2,1-4H3/p+1/t18-,19-,21-/m1/s1. The smallest absolute Gasteiger partial charge is 0.126 e. The van der Waals surface area contributed by atoms with Gasteiger partial charge in [0.1, 0.15) is 24.9 Å². The summed E-state index contributed by atoms with van der Waals surface area (Å²) in [5, 5.41) is 10.3. The fourth-order valence-electron chi connectivity index (χ4n) is 4.58. The number of benzene rings is 1. The first-order valence-corrected chi connectivity index (χ1v) is 9.79. The van der Waals surface area contributed by atoms with E-state index in [2.05, 4.69) is 39.1 Å². The highest BCUT2D eigenvalue weighted by atomic mass is 16.5. The van der Waals surface area contributed by atoms with E-state index in [1.54, 1.807) is 7.11 Å². The summed E-state index contributed by atoms with van der Waals surface area (Å²) in [6.45, 7) is 7.41. The van der Waals surface area contributed by atoms with Crippen molar-refractivity contribution in [1.29, 1.82) is 0 Å². The van der Waals surface area contributed by atoms with E-state index in [1.807, 2.05) is 12.1 Å². The van der Waals surface area contributed by atoms with Crippen molar-refractivity contribution >= 4 is 0 Å². The average Bonchev–Trinajstić information content (AvgIpc) is 2.62. The second kappa shape index (κ2) is 8.12. The summed E-state index contributed by atoms with van der Waals surface area (Å²) < 4.78 is 11.0. The molecule has 4 rings (SSSR count). The first-order valence-electron chi connectivity index (χ1n) is 9.79. The van der Waals surface area contributed by atoms with E-state index >= 15 is 0 Å². The summed E-state index contributed by atoms with van der Waals surface area (Å²) in [5.41, 5.74) is 3.13. The number of aliphatic hydroxyl groups excluding tert-OH is 1. The van der Waals surface area contributed by atoms with Crippen molar-refractivity contribution in [3.63, 3.8) is 0 Å². The molecule has 0 aromatic heterocycles. The highest BCUT2D eigenvalue weighted by Gasteiger charge is 2.50. The summed E-state index contributed by atoms with van der Waals surface area (Å²) in [4.78, 5) is 1.27. The van der Waals surface area contributed by atoms with Crippen molar-refractivity contribution in [3.05, 3.63) is 41.5 Å². The zero-order chi connectivity index (χ0) is 18.7. The number of nitrogens with one attached hydrogen (secondary N) is 1. The third-order valence-electron chi connectivity index (χ3n) is 6.41. The van der Waals surface area contributed by atoms with Crippen LogP contribution in [-0.2, 0) is 11.3 Å². The molecular formula is C22H34NO3+. The van der Waals surface area contributed by atoms with E-state index in [9.17, 15) is 5.11 Å². The maximum atomic E-state index is 10.3. The van der Waals surface area contributed by atoms with Crippen LogP contribution in [0.5, 0.6) is 5.75 Å². The first kappa shape index (κ1) is 19.4. The molecule has 3 aliphatic rings. The Morgan fingerprint density at radius 1 is 1.27 bits per heavy atom. The van der Waals surface area contributed by atoms with Crippen molar-refractivity contribution in [2.24, 2.45) is 17.3 Å². The van der Waals surface area contributed by atoms with Gasteiger partial charge in [0.15, 0.2) is 0 Å². The fourth-order valence-corrected chi connectivity index (χ4v) is 4.58. The van der Waals surface area contributed by atoms with Crippen LogP contribution in [0.25, 0.3) is 0 Å². The number of rotatable bonds is 9. The Morgan fingerprint density at radius 2 is 2.00 bits per heavy atom. The summed E-state index contributed by atoms with van der Waals surface area (Å²) in [6, 6.07) is 8.11. The Bertz CT molecular complexity index is 623. The lowest BCUT2D eigenvalue weighted by molar-refractivity contribution is -0.897. The van der Waals surface area contributed by atoms with Crippen LogP contribution in [0, 0.1) is 17.3 Å². The molecule has 26 heavy (non-hydrogen) atoms. The molecule has 1 aromatic rings. The predicted molar refractivity (Wildman–Crippen MR) is 103 cm³/mol. The number of likely N-dealkylation sites (N-methyl/N-ethyl adjacent to an activating group) is 1. The van der Waals surface area contributed by atoms with Crippen molar-refractivity contribution in [2.45, 2.75) is 39.3 Å². The quantitative estimate of drug-likeness (QED) is 0.663. The van der Waals surface area contributed by atoms with Gasteiger partial charge in [-0.2, -0.15) is 0 Å². The van der Waals surface area contributed by atoms with Gasteiger partial charge in [-0.25, -0.2) is 0 Å². The minimum Gasteiger partial charge on any atom is -0.497 e. The molecule has 0 spiro atoms. The minimum absolute atomic E-state index is 0.411. The highest BCUT2D eigenvalue weighted by Crippen LogP contribution is 2.59. The molecule has 2 N–H and O–H groups in total. The van der Waals surface area contributed by atoms with Crippen LogP contribution in [0.15, 0.2) is 35.9 Å². The monoisotopic (exact) mass is 360 g/mol. The van der Waals surface area contributed by atoms with Gasteiger partial charge in [0.05, 0.1) is 27.4 Å². The maximum Gasteiger partial charge on any atom is 0.126 e. The van der Waals surface area contributed by atoms with Crippen molar-refractivity contribution in [1.82, 2.24) is 0 Å². The zero-order valence-electron chi connectivity index (χ0n) is 16.6. The number of fused-ring (bicyclic) bond motifs is 1. The van der Waals surface area contributed by atoms with Crippen LogP contribution in [-0.4, -0.2) is 45.1 Å². The second-order valence-corrected chi connectivity index (χ2v) is 8.68. The third kappa shape index (κ3) is 4.30. The second-order valence-electron chi connectivity index (χ2n) is 8.68. The summed E-state index contributed by atoms with van der Waals surface area (Å²) in [7, 11) is 3.78. The molecule has 0 saturated heterocycles. The minimum atomic E-state index is -0.431. The molecule has 4 atom stereocenters. The van der Waals surface area contributed by atoms with Crippen molar-refractivity contribution < 1.29 is 19.5 Å².